The Morgan fingerprint density at radius 2 is 2.10 bits per heavy atom. The molecule has 1 atom stereocenters. The Bertz CT molecular complexity index is 460. The summed E-state index contributed by atoms with van der Waals surface area (Å²) in [4.78, 5) is 2.93. The fourth-order valence-electron chi connectivity index (χ4n) is 2.11. The standard InChI is InChI=1S/C16H25ClN2S/c1-12(13-7-5-8-14(17)11-13)19(4)10-6-9-16(2,3)15(18)20/h5,7-8,11-12H,6,9-10H2,1-4H3,(H2,18,20). The molecule has 0 aliphatic heterocycles. The van der Waals surface area contributed by atoms with E-state index in [-0.39, 0.29) is 5.41 Å². The molecule has 0 aliphatic rings. The van der Waals surface area contributed by atoms with Gasteiger partial charge in [0.1, 0.15) is 0 Å². The van der Waals surface area contributed by atoms with Gasteiger partial charge in [-0.05, 0) is 51.1 Å². The van der Waals surface area contributed by atoms with E-state index < -0.39 is 0 Å². The number of thiocarbonyl (C=S) groups is 1. The highest BCUT2D eigenvalue weighted by Crippen LogP contribution is 2.25. The Kier molecular flexibility index (Phi) is 6.44. The molecular formula is C16H25ClN2S. The van der Waals surface area contributed by atoms with Gasteiger partial charge in [-0.15, -0.1) is 0 Å². The molecule has 1 unspecified atom stereocenters. The molecule has 0 fully saturated rings. The molecule has 0 saturated heterocycles. The summed E-state index contributed by atoms with van der Waals surface area (Å²) in [6.45, 7) is 7.43. The molecule has 1 rings (SSSR count). The minimum Gasteiger partial charge on any atom is -0.393 e. The minimum atomic E-state index is -0.0601. The largest absolute Gasteiger partial charge is 0.393 e. The van der Waals surface area contributed by atoms with Crippen molar-refractivity contribution in [3.8, 4) is 0 Å². The fourth-order valence-corrected chi connectivity index (χ4v) is 2.41. The van der Waals surface area contributed by atoms with E-state index in [2.05, 4.69) is 38.8 Å². The fraction of sp³-hybridized carbons (Fsp3) is 0.562. The molecule has 0 aromatic heterocycles. The van der Waals surface area contributed by atoms with Gasteiger partial charge in [0.15, 0.2) is 0 Å². The van der Waals surface area contributed by atoms with E-state index in [0.29, 0.717) is 11.0 Å². The SMILES string of the molecule is CC(c1cccc(Cl)c1)N(C)CCCC(C)(C)C(N)=S. The zero-order chi connectivity index (χ0) is 15.3. The summed E-state index contributed by atoms with van der Waals surface area (Å²) in [5, 5.41) is 0.789. The average Bonchev–Trinajstić information content (AvgIpc) is 2.37. The van der Waals surface area contributed by atoms with Gasteiger partial charge in [0.2, 0.25) is 0 Å². The van der Waals surface area contributed by atoms with Crippen molar-refractivity contribution in [3.63, 3.8) is 0 Å². The summed E-state index contributed by atoms with van der Waals surface area (Å²) in [7, 11) is 2.14. The van der Waals surface area contributed by atoms with E-state index >= 15 is 0 Å². The molecule has 1 aromatic carbocycles. The van der Waals surface area contributed by atoms with E-state index in [1.165, 1.54) is 5.56 Å². The van der Waals surface area contributed by atoms with Crippen molar-refractivity contribution in [1.82, 2.24) is 4.90 Å². The Balaban J connectivity index is 2.51. The average molecular weight is 313 g/mol. The van der Waals surface area contributed by atoms with Crippen molar-refractivity contribution in [2.75, 3.05) is 13.6 Å². The lowest BCUT2D eigenvalue weighted by Crippen LogP contribution is -2.31. The van der Waals surface area contributed by atoms with E-state index in [4.69, 9.17) is 29.6 Å². The molecule has 0 radical (unpaired) electrons. The minimum absolute atomic E-state index is 0.0601. The molecule has 0 aliphatic carbocycles. The van der Waals surface area contributed by atoms with Crippen LogP contribution in [0.5, 0.6) is 0 Å². The van der Waals surface area contributed by atoms with Crippen molar-refractivity contribution in [1.29, 1.82) is 0 Å². The van der Waals surface area contributed by atoms with Crippen LogP contribution >= 0.6 is 23.8 Å². The molecule has 0 heterocycles. The number of hydrogen-bond acceptors (Lipinski definition) is 2. The highest BCUT2D eigenvalue weighted by molar-refractivity contribution is 7.80. The summed E-state index contributed by atoms with van der Waals surface area (Å²) in [5.74, 6) is 0. The maximum atomic E-state index is 6.05. The van der Waals surface area contributed by atoms with Crippen LogP contribution in [0.4, 0.5) is 0 Å². The first-order valence-electron chi connectivity index (χ1n) is 6.99. The predicted molar refractivity (Wildman–Crippen MR) is 92.3 cm³/mol. The van der Waals surface area contributed by atoms with Gasteiger partial charge in [-0.2, -0.15) is 0 Å². The van der Waals surface area contributed by atoms with E-state index in [1.54, 1.807) is 0 Å². The molecule has 0 spiro atoms. The third kappa shape index (κ3) is 5.04. The highest BCUT2D eigenvalue weighted by Gasteiger charge is 2.21. The van der Waals surface area contributed by atoms with Crippen LogP contribution in [0.2, 0.25) is 5.02 Å². The number of nitrogens with zero attached hydrogens (tertiary/aromatic N) is 1. The van der Waals surface area contributed by atoms with Crippen molar-refractivity contribution < 1.29 is 0 Å². The summed E-state index contributed by atoms with van der Waals surface area (Å²) in [5.41, 5.74) is 6.94. The lowest BCUT2D eigenvalue weighted by atomic mass is 9.88. The molecule has 0 saturated carbocycles. The maximum absolute atomic E-state index is 6.05. The van der Waals surface area contributed by atoms with E-state index in [0.717, 1.165) is 24.4 Å². The van der Waals surface area contributed by atoms with Crippen LogP contribution in [0.1, 0.15) is 45.2 Å². The molecule has 1 aromatic rings. The van der Waals surface area contributed by atoms with Crippen LogP contribution in [0, 0.1) is 5.41 Å². The molecular weight excluding hydrogens is 288 g/mol. The van der Waals surface area contributed by atoms with Gasteiger partial charge in [0.25, 0.3) is 0 Å². The first kappa shape index (κ1) is 17.4. The van der Waals surface area contributed by atoms with Crippen molar-refractivity contribution >= 4 is 28.8 Å². The van der Waals surface area contributed by atoms with Crippen LogP contribution in [0.25, 0.3) is 0 Å². The van der Waals surface area contributed by atoms with Gasteiger partial charge in [0.05, 0.1) is 4.99 Å². The topological polar surface area (TPSA) is 29.3 Å². The van der Waals surface area contributed by atoms with Gasteiger partial charge >= 0.3 is 0 Å². The van der Waals surface area contributed by atoms with Gasteiger partial charge in [-0.1, -0.05) is 49.8 Å². The maximum Gasteiger partial charge on any atom is 0.0784 e. The lowest BCUT2D eigenvalue weighted by Gasteiger charge is -2.28. The summed E-state index contributed by atoms with van der Waals surface area (Å²) < 4.78 is 0. The van der Waals surface area contributed by atoms with Gasteiger partial charge in [-0.3, -0.25) is 4.90 Å². The van der Waals surface area contributed by atoms with Crippen molar-refractivity contribution in [3.05, 3.63) is 34.9 Å². The molecule has 2 nitrogen and oxygen atoms in total. The van der Waals surface area contributed by atoms with Gasteiger partial charge in [0, 0.05) is 16.5 Å². The molecule has 2 N–H and O–H groups in total. The predicted octanol–water partition coefficient (Wildman–Crippen LogP) is 4.43. The molecule has 0 bridgehead atoms. The van der Waals surface area contributed by atoms with Crippen LogP contribution in [0.3, 0.4) is 0 Å². The summed E-state index contributed by atoms with van der Waals surface area (Å²) in [6.07, 6.45) is 2.08. The highest BCUT2D eigenvalue weighted by atomic mass is 35.5. The Morgan fingerprint density at radius 1 is 1.45 bits per heavy atom. The third-order valence-electron chi connectivity index (χ3n) is 3.97. The normalized spacial score (nSPS) is 13.5. The van der Waals surface area contributed by atoms with Gasteiger partial charge < -0.3 is 5.73 Å². The second-order valence-corrected chi connectivity index (χ2v) is 6.94. The number of nitrogens with two attached hydrogens (primary N) is 1. The quantitative estimate of drug-likeness (QED) is 0.755. The monoisotopic (exact) mass is 312 g/mol. The van der Waals surface area contributed by atoms with Gasteiger partial charge in [-0.25, -0.2) is 0 Å². The Morgan fingerprint density at radius 3 is 2.65 bits per heavy atom. The second kappa shape index (κ2) is 7.39. The lowest BCUT2D eigenvalue weighted by molar-refractivity contribution is 0.247. The zero-order valence-electron chi connectivity index (χ0n) is 12.8. The number of rotatable bonds is 7. The Labute approximate surface area is 133 Å². The van der Waals surface area contributed by atoms with Crippen molar-refractivity contribution in [2.24, 2.45) is 11.1 Å². The molecule has 4 heteroatoms. The van der Waals surface area contributed by atoms with E-state index in [1.807, 2.05) is 18.2 Å². The van der Waals surface area contributed by atoms with Crippen LogP contribution in [-0.2, 0) is 0 Å². The second-order valence-electron chi connectivity index (χ2n) is 6.06. The number of hydrogen-bond donors (Lipinski definition) is 1. The van der Waals surface area contributed by atoms with Crippen LogP contribution in [0.15, 0.2) is 24.3 Å². The third-order valence-corrected chi connectivity index (χ3v) is 4.76. The first-order valence-corrected chi connectivity index (χ1v) is 7.78. The van der Waals surface area contributed by atoms with Crippen LogP contribution < -0.4 is 5.73 Å². The molecule has 20 heavy (non-hydrogen) atoms. The summed E-state index contributed by atoms with van der Waals surface area (Å²) in [6, 6.07) is 8.40. The Hall–Kier alpha value is -0.640. The zero-order valence-corrected chi connectivity index (χ0v) is 14.4. The smallest absolute Gasteiger partial charge is 0.0784 e. The first-order chi connectivity index (χ1) is 9.24. The number of halogens is 1. The molecule has 112 valence electrons. The summed E-state index contributed by atoms with van der Waals surface area (Å²) >= 11 is 11.1. The van der Waals surface area contributed by atoms with Crippen molar-refractivity contribution in [2.45, 2.75) is 39.7 Å². The molecule has 0 amide bonds. The van der Waals surface area contributed by atoms with Crippen LogP contribution in [-0.4, -0.2) is 23.5 Å². The van der Waals surface area contributed by atoms with E-state index in [9.17, 15) is 0 Å². The number of benzene rings is 1.